The van der Waals surface area contributed by atoms with Crippen LogP contribution in [0.4, 0.5) is 4.39 Å². The van der Waals surface area contributed by atoms with E-state index in [0.717, 1.165) is 19.3 Å². The summed E-state index contributed by atoms with van der Waals surface area (Å²) in [5.41, 5.74) is 0.602. The van der Waals surface area contributed by atoms with Gasteiger partial charge in [-0.1, -0.05) is 23.2 Å². The topological polar surface area (TPSA) is 41.1 Å². The first kappa shape index (κ1) is 15.5. The van der Waals surface area contributed by atoms with Gasteiger partial charge in [-0.15, -0.1) is 0 Å². The smallest absolute Gasteiger partial charge is 0.237 e. The Bertz CT molecular complexity index is 510. The van der Waals surface area contributed by atoms with Gasteiger partial charge in [-0.05, 0) is 43.9 Å². The highest BCUT2D eigenvalue weighted by Crippen LogP contribution is 2.29. The zero-order chi connectivity index (χ0) is 14.7. The fourth-order valence-corrected chi connectivity index (χ4v) is 2.91. The SMILES string of the molecule is C[C@@H](N[C@@H]1CCCCNC1=O)c1cc(F)c(Cl)cc1Cl. The van der Waals surface area contributed by atoms with Gasteiger partial charge in [0, 0.05) is 17.6 Å². The van der Waals surface area contributed by atoms with Crippen LogP contribution in [0.1, 0.15) is 37.8 Å². The van der Waals surface area contributed by atoms with Gasteiger partial charge in [0.25, 0.3) is 0 Å². The van der Waals surface area contributed by atoms with Crippen molar-refractivity contribution in [3.05, 3.63) is 33.6 Å². The number of nitrogens with one attached hydrogen (secondary N) is 2. The van der Waals surface area contributed by atoms with E-state index in [2.05, 4.69) is 10.6 Å². The summed E-state index contributed by atoms with van der Waals surface area (Å²) >= 11 is 11.8. The molecule has 0 unspecified atom stereocenters. The maximum Gasteiger partial charge on any atom is 0.237 e. The van der Waals surface area contributed by atoms with Gasteiger partial charge in [-0.25, -0.2) is 4.39 Å². The van der Waals surface area contributed by atoms with E-state index in [1.54, 1.807) is 0 Å². The summed E-state index contributed by atoms with van der Waals surface area (Å²) in [6, 6.07) is 2.20. The van der Waals surface area contributed by atoms with Gasteiger partial charge < -0.3 is 5.32 Å². The second-order valence-corrected chi connectivity index (χ2v) is 5.83. The molecule has 1 aromatic carbocycles. The summed E-state index contributed by atoms with van der Waals surface area (Å²) in [5, 5.41) is 6.46. The Morgan fingerprint density at radius 1 is 1.35 bits per heavy atom. The van der Waals surface area contributed by atoms with Gasteiger partial charge in [0.1, 0.15) is 5.82 Å². The average molecular weight is 319 g/mol. The summed E-state index contributed by atoms with van der Waals surface area (Å²) in [5.74, 6) is -0.523. The molecule has 1 amide bonds. The minimum absolute atomic E-state index is 0.00170. The molecule has 1 aliphatic heterocycles. The molecule has 3 nitrogen and oxygen atoms in total. The van der Waals surface area contributed by atoms with Crippen LogP contribution < -0.4 is 10.6 Å². The molecule has 2 rings (SSSR count). The second kappa shape index (κ2) is 6.74. The van der Waals surface area contributed by atoms with E-state index in [4.69, 9.17) is 23.2 Å². The largest absolute Gasteiger partial charge is 0.355 e. The number of halogens is 3. The number of carbonyl (C=O) groups is 1. The molecule has 2 N–H and O–H groups in total. The molecule has 0 aliphatic carbocycles. The van der Waals surface area contributed by atoms with E-state index < -0.39 is 5.82 Å². The molecule has 0 bridgehead atoms. The molecular weight excluding hydrogens is 302 g/mol. The standard InChI is InChI=1S/C14H17Cl2FN2O/c1-8(9-6-12(17)11(16)7-10(9)15)19-13-4-2-3-5-18-14(13)20/h6-8,13,19H,2-5H2,1H3,(H,18,20)/t8-,13-/m1/s1. The van der Waals surface area contributed by atoms with Gasteiger partial charge in [0.15, 0.2) is 0 Å². The van der Waals surface area contributed by atoms with Gasteiger partial charge >= 0.3 is 0 Å². The minimum atomic E-state index is -0.509. The van der Waals surface area contributed by atoms with Crippen LogP contribution in [-0.4, -0.2) is 18.5 Å². The van der Waals surface area contributed by atoms with Gasteiger partial charge in [0.2, 0.25) is 5.91 Å². The van der Waals surface area contributed by atoms with Crippen LogP contribution in [0.5, 0.6) is 0 Å². The van der Waals surface area contributed by atoms with Crippen LogP contribution in [-0.2, 0) is 4.79 Å². The van der Waals surface area contributed by atoms with Gasteiger partial charge in [-0.3, -0.25) is 10.1 Å². The molecule has 0 spiro atoms. The number of hydrogen-bond acceptors (Lipinski definition) is 2. The van der Waals surface area contributed by atoms with Crippen LogP contribution in [0.15, 0.2) is 12.1 Å². The first-order valence-electron chi connectivity index (χ1n) is 6.67. The van der Waals surface area contributed by atoms with E-state index in [9.17, 15) is 9.18 Å². The highest BCUT2D eigenvalue weighted by Gasteiger charge is 2.23. The molecular formula is C14H17Cl2FN2O. The van der Waals surface area contributed by atoms with E-state index in [1.807, 2.05) is 6.92 Å². The Balaban J connectivity index is 2.13. The molecule has 2 atom stereocenters. The predicted molar refractivity (Wildman–Crippen MR) is 78.6 cm³/mol. The van der Waals surface area contributed by atoms with Crippen LogP contribution in [0.2, 0.25) is 10.0 Å². The predicted octanol–water partition coefficient (Wildman–Crippen LogP) is 3.45. The lowest BCUT2D eigenvalue weighted by atomic mass is 10.0. The van der Waals surface area contributed by atoms with Crippen molar-refractivity contribution in [3.8, 4) is 0 Å². The molecule has 0 radical (unpaired) electrons. The third kappa shape index (κ3) is 3.62. The number of hydrogen-bond donors (Lipinski definition) is 2. The van der Waals surface area contributed by atoms with Crippen molar-refractivity contribution in [3.63, 3.8) is 0 Å². The Morgan fingerprint density at radius 3 is 2.85 bits per heavy atom. The molecule has 1 aliphatic rings. The Labute approximate surface area is 127 Å². The van der Waals surface area contributed by atoms with Gasteiger partial charge in [-0.2, -0.15) is 0 Å². The summed E-state index contributed by atoms with van der Waals surface area (Å²) in [6.45, 7) is 2.56. The monoisotopic (exact) mass is 318 g/mol. The van der Waals surface area contributed by atoms with E-state index in [1.165, 1.54) is 12.1 Å². The summed E-state index contributed by atoms with van der Waals surface area (Å²) in [4.78, 5) is 11.9. The normalized spacial score (nSPS) is 21.2. The van der Waals surface area contributed by atoms with Crippen molar-refractivity contribution in [1.82, 2.24) is 10.6 Å². The van der Waals surface area contributed by atoms with E-state index in [0.29, 0.717) is 17.1 Å². The van der Waals surface area contributed by atoms with E-state index in [-0.39, 0.29) is 23.0 Å². The zero-order valence-corrected chi connectivity index (χ0v) is 12.7. The summed E-state index contributed by atoms with van der Waals surface area (Å²) in [7, 11) is 0. The number of benzene rings is 1. The lowest BCUT2D eigenvalue weighted by Crippen LogP contribution is -2.43. The molecule has 1 aromatic rings. The highest BCUT2D eigenvalue weighted by molar-refractivity contribution is 6.35. The highest BCUT2D eigenvalue weighted by atomic mass is 35.5. The van der Waals surface area contributed by atoms with Crippen LogP contribution in [0.3, 0.4) is 0 Å². The first-order chi connectivity index (χ1) is 9.49. The van der Waals surface area contributed by atoms with Crippen LogP contribution in [0.25, 0.3) is 0 Å². The lowest BCUT2D eigenvalue weighted by molar-refractivity contribution is -0.123. The Morgan fingerprint density at radius 2 is 2.10 bits per heavy atom. The first-order valence-corrected chi connectivity index (χ1v) is 7.43. The fourth-order valence-electron chi connectivity index (χ4n) is 2.36. The summed E-state index contributed by atoms with van der Waals surface area (Å²) in [6.07, 6.45) is 2.73. The number of carbonyl (C=O) groups excluding carboxylic acids is 1. The fraction of sp³-hybridized carbons (Fsp3) is 0.500. The Hall–Kier alpha value is -0.840. The maximum atomic E-state index is 13.5. The molecule has 1 heterocycles. The molecule has 0 aromatic heterocycles. The van der Waals surface area contributed by atoms with Crippen molar-refractivity contribution in [2.45, 2.75) is 38.3 Å². The average Bonchev–Trinajstić information content (AvgIpc) is 2.59. The molecule has 20 heavy (non-hydrogen) atoms. The van der Waals surface area contributed by atoms with Crippen molar-refractivity contribution >= 4 is 29.1 Å². The van der Waals surface area contributed by atoms with Crippen molar-refractivity contribution in [2.24, 2.45) is 0 Å². The maximum absolute atomic E-state index is 13.5. The molecule has 1 fully saturated rings. The van der Waals surface area contributed by atoms with Crippen LogP contribution >= 0.6 is 23.2 Å². The van der Waals surface area contributed by atoms with Crippen molar-refractivity contribution in [1.29, 1.82) is 0 Å². The van der Waals surface area contributed by atoms with Crippen molar-refractivity contribution in [2.75, 3.05) is 6.54 Å². The molecule has 0 saturated carbocycles. The van der Waals surface area contributed by atoms with Crippen LogP contribution in [0, 0.1) is 5.82 Å². The van der Waals surface area contributed by atoms with E-state index >= 15 is 0 Å². The number of rotatable bonds is 3. The molecule has 1 saturated heterocycles. The second-order valence-electron chi connectivity index (χ2n) is 5.02. The van der Waals surface area contributed by atoms with Crippen molar-refractivity contribution < 1.29 is 9.18 Å². The van der Waals surface area contributed by atoms with Gasteiger partial charge in [0.05, 0.1) is 11.1 Å². The Kier molecular flexibility index (Phi) is 5.24. The third-order valence-corrected chi connectivity index (χ3v) is 4.11. The molecule has 110 valence electrons. The lowest BCUT2D eigenvalue weighted by Gasteiger charge is -2.22. The third-order valence-electron chi connectivity index (χ3n) is 3.49. The quantitative estimate of drug-likeness (QED) is 0.838. The number of amides is 1. The summed E-state index contributed by atoms with van der Waals surface area (Å²) < 4.78 is 13.5. The minimum Gasteiger partial charge on any atom is -0.355 e. The molecule has 6 heteroatoms. The zero-order valence-electron chi connectivity index (χ0n) is 11.2.